The molecule has 2 unspecified atom stereocenters. The Balaban J connectivity index is 1.87. The van der Waals surface area contributed by atoms with Crippen LogP contribution in [0.3, 0.4) is 0 Å². The van der Waals surface area contributed by atoms with Gasteiger partial charge in [0.25, 0.3) is 0 Å². The molecule has 0 aromatic carbocycles. The van der Waals surface area contributed by atoms with E-state index in [4.69, 9.17) is 0 Å². The number of aromatic nitrogens is 1. The Labute approximate surface area is 111 Å². The van der Waals surface area contributed by atoms with Gasteiger partial charge in [0.15, 0.2) is 0 Å². The number of hydrogen-bond donors (Lipinski definition) is 1. The summed E-state index contributed by atoms with van der Waals surface area (Å²) in [4.78, 5) is 4.55. The third kappa shape index (κ3) is 3.55. The molecule has 0 saturated heterocycles. The molecule has 1 aromatic heterocycles. The Morgan fingerprint density at radius 1 is 1.39 bits per heavy atom. The van der Waals surface area contributed by atoms with Crippen molar-refractivity contribution in [2.75, 3.05) is 0 Å². The molecule has 1 N–H and O–H groups in total. The van der Waals surface area contributed by atoms with E-state index in [0.717, 1.165) is 23.9 Å². The van der Waals surface area contributed by atoms with Crippen LogP contribution in [0.2, 0.25) is 0 Å². The van der Waals surface area contributed by atoms with Crippen LogP contribution in [0.15, 0.2) is 18.2 Å². The highest BCUT2D eigenvalue weighted by molar-refractivity contribution is 5.09. The van der Waals surface area contributed by atoms with E-state index in [-0.39, 0.29) is 0 Å². The first-order valence-corrected chi connectivity index (χ1v) is 7.12. The van der Waals surface area contributed by atoms with Crippen LogP contribution in [-0.4, -0.2) is 11.0 Å². The first-order chi connectivity index (χ1) is 8.46. The molecule has 1 fully saturated rings. The van der Waals surface area contributed by atoms with Crippen molar-refractivity contribution in [3.8, 4) is 0 Å². The quantitative estimate of drug-likeness (QED) is 0.879. The lowest BCUT2D eigenvalue weighted by molar-refractivity contribution is 0.148. The van der Waals surface area contributed by atoms with Gasteiger partial charge in [-0.15, -0.1) is 0 Å². The van der Waals surface area contributed by atoms with E-state index in [2.05, 4.69) is 56.2 Å². The molecule has 1 aliphatic rings. The van der Waals surface area contributed by atoms with Crippen LogP contribution in [0.5, 0.6) is 0 Å². The number of pyridine rings is 1. The minimum absolute atomic E-state index is 0.527. The van der Waals surface area contributed by atoms with Crippen molar-refractivity contribution in [2.45, 2.75) is 59.5 Å². The highest BCUT2D eigenvalue weighted by atomic mass is 14.9. The van der Waals surface area contributed by atoms with Gasteiger partial charge in [0.2, 0.25) is 0 Å². The second-order valence-corrected chi connectivity index (χ2v) is 6.64. The van der Waals surface area contributed by atoms with Gasteiger partial charge >= 0.3 is 0 Å². The van der Waals surface area contributed by atoms with Crippen LogP contribution in [0.1, 0.15) is 51.4 Å². The van der Waals surface area contributed by atoms with Crippen LogP contribution in [0.4, 0.5) is 0 Å². The van der Waals surface area contributed by atoms with E-state index in [0.29, 0.717) is 11.5 Å². The highest BCUT2D eigenvalue weighted by Gasteiger charge is 2.31. The zero-order valence-electron chi connectivity index (χ0n) is 12.2. The number of aryl methyl sites for hydroxylation is 1. The molecule has 0 radical (unpaired) electrons. The van der Waals surface area contributed by atoms with E-state index in [1.165, 1.54) is 19.3 Å². The number of nitrogens with zero attached hydrogens (tertiary/aromatic N) is 1. The lowest BCUT2D eigenvalue weighted by Crippen LogP contribution is -2.41. The summed E-state index contributed by atoms with van der Waals surface area (Å²) in [6.45, 7) is 10.1. The van der Waals surface area contributed by atoms with Gasteiger partial charge in [-0.1, -0.05) is 26.8 Å². The molecule has 0 spiro atoms. The molecular formula is C16H26N2. The fraction of sp³-hybridized carbons (Fsp3) is 0.688. The Bertz CT molecular complexity index is 398. The lowest BCUT2D eigenvalue weighted by Gasteiger charge is -2.39. The van der Waals surface area contributed by atoms with Crippen molar-refractivity contribution >= 4 is 0 Å². The maximum absolute atomic E-state index is 4.55. The summed E-state index contributed by atoms with van der Waals surface area (Å²) in [6.07, 6.45) is 3.95. The van der Waals surface area contributed by atoms with E-state index in [9.17, 15) is 0 Å². The molecule has 1 saturated carbocycles. The summed E-state index contributed by atoms with van der Waals surface area (Å²) in [5, 5.41) is 3.69. The Hall–Kier alpha value is -0.890. The third-order valence-electron chi connectivity index (χ3n) is 4.18. The summed E-state index contributed by atoms with van der Waals surface area (Å²) in [6, 6.07) is 6.90. The fourth-order valence-electron chi connectivity index (χ4n) is 3.18. The Morgan fingerprint density at radius 2 is 2.17 bits per heavy atom. The fourth-order valence-corrected chi connectivity index (χ4v) is 3.18. The van der Waals surface area contributed by atoms with Crippen LogP contribution < -0.4 is 5.32 Å². The summed E-state index contributed by atoms with van der Waals surface area (Å²) in [5.41, 5.74) is 2.79. The monoisotopic (exact) mass is 246 g/mol. The first kappa shape index (κ1) is 13.5. The minimum atomic E-state index is 0.527. The molecule has 1 heterocycles. The van der Waals surface area contributed by atoms with Crippen LogP contribution in [0, 0.1) is 18.3 Å². The third-order valence-corrected chi connectivity index (χ3v) is 4.18. The van der Waals surface area contributed by atoms with Crippen LogP contribution in [0.25, 0.3) is 0 Å². The molecule has 2 rings (SSSR count). The summed E-state index contributed by atoms with van der Waals surface area (Å²) in [7, 11) is 0. The Kier molecular flexibility index (Phi) is 4.06. The number of rotatable bonds is 3. The van der Waals surface area contributed by atoms with Gasteiger partial charge in [0.1, 0.15) is 0 Å². The average molecular weight is 246 g/mol. The molecule has 1 aromatic rings. The van der Waals surface area contributed by atoms with Crippen molar-refractivity contribution in [3.05, 3.63) is 29.6 Å². The normalized spacial score (nSPS) is 27.1. The molecule has 0 bridgehead atoms. The smallest absolute Gasteiger partial charge is 0.0544 e. The maximum Gasteiger partial charge on any atom is 0.0544 e. The van der Waals surface area contributed by atoms with E-state index in [1.54, 1.807) is 0 Å². The van der Waals surface area contributed by atoms with Gasteiger partial charge in [-0.3, -0.25) is 4.98 Å². The lowest BCUT2D eigenvalue weighted by atomic mass is 9.70. The molecule has 2 heteroatoms. The van der Waals surface area contributed by atoms with Crippen molar-refractivity contribution in [1.29, 1.82) is 0 Å². The minimum Gasteiger partial charge on any atom is -0.308 e. The zero-order chi connectivity index (χ0) is 13.2. The van der Waals surface area contributed by atoms with Gasteiger partial charge in [0.05, 0.1) is 5.69 Å². The second kappa shape index (κ2) is 5.40. The standard InChI is InChI=1S/C16H26N2/c1-12-10-16(3,4)9-8-15(12)17-11-14-7-5-6-13(2)18-14/h5-7,12,15,17H,8-11H2,1-4H3. The molecule has 2 nitrogen and oxygen atoms in total. The molecule has 1 aliphatic carbocycles. The van der Waals surface area contributed by atoms with E-state index < -0.39 is 0 Å². The molecule has 0 amide bonds. The molecular weight excluding hydrogens is 220 g/mol. The van der Waals surface area contributed by atoms with E-state index in [1.807, 2.05) is 0 Å². The van der Waals surface area contributed by atoms with Crippen molar-refractivity contribution in [1.82, 2.24) is 10.3 Å². The van der Waals surface area contributed by atoms with E-state index >= 15 is 0 Å². The molecule has 18 heavy (non-hydrogen) atoms. The number of nitrogens with one attached hydrogen (secondary N) is 1. The average Bonchev–Trinajstić information content (AvgIpc) is 2.27. The summed E-state index contributed by atoms with van der Waals surface area (Å²) < 4.78 is 0. The predicted octanol–water partition coefficient (Wildman–Crippen LogP) is 3.69. The first-order valence-electron chi connectivity index (χ1n) is 7.12. The van der Waals surface area contributed by atoms with Crippen molar-refractivity contribution < 1.29 is 0 Å². The van der Waals surface area contributed by atoms with Crippen molar-refractivity contribution in [2.24, 2.45) is 11.3 Å². The van der Waals surface area contributed by atoms with Gasteiger partial charge in [-0.05, 0) is 49.7 Å². The highest BCUT2D eigenvalue weighted by Crippen LogP contribution is 2.38. The summed E-state index contributed by atoms with van der Waals surface area (Å²) >= 11 is 0. The molecule has 2 atom stereocenters. The van der Waals surface area contributed by atoms with Gasteiger partial charge in [-0.2, -0.15) is 0 Å². The molecule has 100 valence electrons. The predicted molar refractivity (Wildman–Crippen MR) is 76.4 cm³/mol. The molecule has 0 aliphatic heterocycles. The topological polar surface area (TPSA) is 24.9 Å². The number of hydrogen-bond acceptors (Lipinski definition) is 2. The van der Waals surface area contributed by atoms with Gasteiger partial charge < -0.3 is 5.32 Å². The summed E-state index contributed by atoms with van der Waals surface area (Å²) in [5.74, 6) is 0.763. The second-order valence-electron chi connectivity index (χ2n) is 6.64. The van der Waals surface area contributed by atoms with Crippen LogP contribution >= 0.6 is 0 Å². The van der Waals surface area contributed by atoms with Crippen molar-refractivity contribution in [3.63, 3.8) is 0 Å². The van der Waals surface area contributed by atoms with Crippen LogP contribution in [-0.2, 0) is 6.54 Å². The maximum atomic E-state index is 4.55. The van der Waals surface area contributed by atoms with Gasteiger partial charge in [-0.25, -0.2) is 0 Å². The van der Waals surface area contributed by atoms with Gasteiger partial charge in [0, 0.05) is 18.3 Å². The Morgan fingerprint density at radius 3 is 2.83 bits per heavy atom. The largest absolute Gasteiger partial charge is 0.308 e. The SMILES string of the molecule is Cc1cccc(CNC2CCC(C)(C)CC2C)n1. The zero-order valence-corrected chi connectivity index (χ0v) is 12.2.